The fourth-order valence-corrected chi connectivity index (χ4v) is 4.03. The number of hydrogen-bond donors (Lipinski definition) is 1. The maximum atomic E-state index is 14.2. The van der Waals surface area contributed by atoms with Crippen molar-refractivity contribution in [2.45, 2.75) is 53.6 Å². The summed E-state index contributed by atoms with van der Waals surface area (Å²) in [7, 11) is 0. The molecule has 0 unspecified atom stereocenters. The van der Waals surface area contributed by atoms with Gasteiger partial charge in [-0.2, -0.15) is 0 Å². The summed E-state index contributed by atoms with van der Waals surface area (Å²) in [5.41, 5.74) is 4.24. The molecule has 1 amide bonds. The normalized spacial score (nSPS) is 17.4. The number of benzene rings is 2. The van der Waals surface area contributed by atoms with Crippen LogP contribution in [0.15, 0.2) is 30.3 Å². The molecule has 3 rings (SSSR count). The molecular weight excluding hydrogens is 398 g/mol. The van der Waals surface area contributed by atoms with Crippen LogP contribution in [0, 0.1) is 30.9 Å². The summed E-state index contributed by atoms with van der Waals surface area (Å²) in [4.78, 5) is 14.6. The first-order valence-corrected chi connectivity index (χ1v) is 10.8. The molecule has 0 radical (unpaired) electrons. The van der Waals surface area contributed by atoms with Crippen molar-refractivity contribution in [1.29, 1.82) is 0 Å². The molecule has 0 spiro atoms. The van der Waals surface area contributed by atoms with Crippen molar-refractivity contribution in [2.75, 3.05) is 29.9 Å². The Bertz CT molecular complexity index is 930. The van der Waals surface area contributed by atoms with Crippen molar-refractivity contribution in [3.05, 3.63) is 58.7 Å². The van der Waals surface area contributed by atoms with Gasteiger partial charge in [-0.1, -0.05) is 26.8 Å². The predicted molar refractivity (Wildman–Crippen MR) is 120 cm³/mol. The van der Waals surface area contributed by atoms with Crippen molar-refractivity contribution in [2.24, 2.45) is 5.41 Å². The van der Waals surface area contributed by atoms with E-state index in [0.717, 1.165) is 28.6 Å². The van der Waals surface area contributed by atoms with Crippen LogP contribution in [0.2, 0.25) is 0 Å². The second-order valence-electron chi connectivity index (χ2n) is 9.54. The zero-order chi connectivity index (χ0) is 22.8. The van der Waals surface area contributed by atoms with Crippen LogP contribution in [-0.4, -0.2) is 25.6 Å². The van der Waals surface area contributed by atoms with Crippen molar-refractivity contribution in [1.82, 2.24) is 0 Å². The molecule has 0 bridgehead atoms. The van der Waals surface area contributed by atoms with Crippen molar-refractivity contribution >= 4 is 17.3 Å². The number of ether oxygens (including phenoxy) is 1. The molecule has 0 aromatic heterocycles. The van der Waals surface area contributed by atoms with E-state index in [0.29, 0.717) is 38.1 Å². The molecular formula is C25H32F2N2O2. The Kier molecular flexibility index (Phi) is 6.99. The molecule has 31 heavy (non-hydrogen) atoms. The number of rotatable bonds is 4. The van der Waals surface area contributed by atoms with E-state index >= 15 is 0 Å². The first-order valence-electron chi connectivity index (χ1n) is 10.8. The quantitative estimate of drug-likeness (QED) is 0.654. The third-order valence-electron chi connectivity index (χ3n) is 5.49. The van der Waals surface area contributed by atoms with Crippen LogP contribution in [0.4, 0.5) is 20.2 Å². The van der Waals surface area contributed by atoms with Gasteiger partial charge in [0, 0.05) is 42.5 Å². The number of halogens is 2. The molecule has 4 nitrogen and oxygen atoms in total. The third kappa shape index (κ3) is 6.03. The molecule has 1 aliphatic rings. The van der Waals surface area contributed by atoms with Gasteiger partial charge in [-0.05, 0) is 55.0 Å². The average molecular weight is 431 g/mol. The lowest BCUT2D eigenvalue weighted by Crippen LogP contribution is -2.26. The number of hydrogen-bond acceptors (Lipinski definition) is 3. The van der Waals surface area contributed by atoms with Gasteiger partial charge in [0.25, 0.3) is 0 Å². The molecule has 1 N–H and O–H groups in total. The topological polar surface area (TPSA) is 41.6 Å². The molecule has 2 aromatic carbocycles. The van der Waals surface area contributed by atoms with Gasteiger partial charge in [-0.25, -0.2) is 8.78 Å². The third-order valence-corrected chi connectivity index (χ3v) is 5.49. The Balaban J connectivity index is 1.72. The van der Waals surface area contributed by atoms with Crippen molar-refractivity contribution in [3.63, 3.8) is 0 Å². The standard InChI is InChI=1S/C25H32F2N2O2/c1-16-12-19(13-17(2)24(16)28-23(30)15-25(3,4)5)29-9-8-22(31-11-10-29)20-7-6-18(26)14-21(20)27/h6-7,12-14,22H,8-11,15H2,1-5H3,(H,28,30)/t22-/m0/s1. The lowest BCUT2D eigenvalue weighted by atomic mass is 9.92. The van der Waals surface area contributed by atoms with E-state index in [2.05, 4.69) is 22.3 Å². The molecule has 1 saturated heterocycles. The number of carbonyl (C=O) groups excluding carboxylic acids is 1. The van der Waals surface area contributed by atoms with Gasteiger partial charge < -0.3 is 15.0 Å². The number of aryl methyl sites for hydroxylation is 2. The zero-order valence-corrected chi connectivity index (χ0v) is 19.0. The van der Waals surface area contributed by atoms with Crippen LogP contribution in [0.5, 0.6) is 0 Å². The number of nitrogens with one attached hydrogen (secondary N) is 1. The fourth-order valence-electron chi connectivity index (χ4n) is 4.03. The van der Waals surface area contributed by atoms with Crippen molar-refractivity contribution < 1.29 is 18.3 Å². The molecule has 1 aliphatic heterocycles. The summed E-state index contributed by atoms with van der Waals surface area (Å²) >= 11 is 0. The largest absolute Gasteiger partial charge is 0.372 e. The first-order chi connectivity index (χ1) is 14.5. The van der Waals surface area contributed by atoms with Crippen molar-refractivity contribution in [3.8, 4) is 0 Å². The smallest absolute Gasteiger partial charge is 0.224 e. The lowest BCUT2D eigenvalue weighted by molar-refractivity contribution is -0.117. The van der Waals surface area contributed by atoms with Gasteiger partial charge in [-0.3, -0.25) is 4.79 Å². The Hall–Kier alpha value is -2.47. The zero-order valence-electron chi connectivity index (χ0n) is 19.0. The van der Waals surface area contributed by atoms with Gasteiger partial charge in [0.15, 0.2) is 0 Å². The highest BCUT2D eigenvalue weighted by Crippen LogP contribution is 2.32. The number of anilines is 2. The van der Waals surface area contributed by atoms with E-state index in [9.17, 15) is 13.6 Å². The van der Waals surface area contributed by atoms with Gasteiger partial charge in [0.2, 0.25) is 5.91 Å². The van der Waals surface area contributed by atoms with Crippen LogP contribution >= 0.6 is 0 Å². The van der Waals surface area contributed by atoms with Gasteiger partial charge in [0.1, 0.15) is 11.6 Å². The molecule has 0 saturated carbocycles. The van der Waals surface area contributed by atoms with Crippen LogP contribution in [-0.2, 0) is 9.53 Å². The number of nitrogens with zero attached hydrogens (tertiary/aromatic N) is 1. The maximum absolute atomic E-state index is 14.2. The molecule has 1 heterocycles. The minimum Gasteiger partial charge on any atom is -0.372 e. The predicted octanol–water partition coefficient (Wildman–Crippen LogP) is 5.92. The monoisotopic (exact) mass is 430 g/mol. The summed E-state index contributed by atoms with van der Waals surface area (Å²) in [6.45, 7) is 11.9. The molecule has 0 aliphatic carbocycles. The number of amides is 1. The van der Waals surface area contributed by atoms with Crippen LogP contribution in [0.25, 0.3) is 0 Å². The van der Waals surface area contributed by atoms with Crippen LogP contribution in [0.1, 0.15) is 56.4 Å². The second kappa shape index (κ2) is 9.35. The Morgan fingerprint density at radius 2 is 1.81 bits per heavy atom. The van der Waals surface area contributed by atoms with E-state index in [1.807, 2.05) is 34.6 Å². The van der Waals surface area contributed by atoms with E-state index in [-0.39, 0.29) is 11.3 Å². The summed E-state index contributed by atoms with van der Waals surface area (Å²) in [5, 5.41) is 3.06. The highest BCUT2D eigenvalue weighted by Gasteiger charge is 2.23. The Labute approximate surface area is 183 Å². The summed E-state index contributed by atoms with van der Waals surface area (Å²) in [5.74, 6) is -1.14. The van der Waals surface area contributed by atoms with E-state index in [4.69, 9.17) is 4.74 Å². The highest BCUT2D eigenvalue weighted by atomic mass is 19.1. The minimum absolute atomic E-state index is 0.0128. The van der Waals surface area contributed by atoms with Gasteiger partial charge >= 0.3 is 0 Å². The number of carbonyl (C=O) groups is 1. The summed E-state index contributed by atoms with van der Waals surface area (Å²) in [6, 6.07) is 7.77. The molecule has 2 aromatic rings. The average Bonchev–Trinajstić information content (AvgIpc) is 2.89. The fraction of sp³-hybridized carbons (Fsp3) is 0.480. The second-order valence-corrected chi connectivity index (χ2v) is 9.54. The molecule has 6 heteroatoms. The highest BCUT2D eigenvalue weighted by molar-refractivity contribution is 5.93. The minimum atomic E-state index is -0.586. The maximum Gasteiger partial charge on any atom is 0.224 e. The summed E-state index contributed by atoms with van der Waals surface area (Å²) in [6.07, 6.45) is 0.659. The van der Waals surface area contributed by atoms with E-state index < -0.39 is 17.7 Å². The van der Waals surface area contributed by atoms with E-state index in [1.165, 1.54) is 12.1 Å². The van der Waals surface area contributed by atoms with Gasteiger partial charge in [-0.15, -0.1) is 0 Å². The Morgan fingerprint density at radius 3 is 2.42 bits per heavy atom. The first kappa shape index (κ1) is 23.2. The van der Waals surface area contributed by atoms with Crippen LogP contribution < -0.4 is 10.2 Å². The molecule has 1 fully saturated rings. The van der Waals surface area contributed by atoms with Gasteiger partial charge in [0.05, 0.1) is 12.7 Å². The van der Waals surface area contributed by atoms with Crippen LogP contribution in [0.3, 0.4) is 0 Å². The summed E-state index contributed by atoms with van der Waals surface area (Å²) < 4.78 is 33.3. The van der Waals surface area contributed by atoms with E-state index in [1.54, 1.807) is 0 Å². The SMILES string of the molecule is Cc1cc(N2CCO[C@H](c3ccc(F)cc3F)CC2)cc(C)c1NC(=O)CC(C)(C)C. The molecule has 168 valence electrons. The Morgan fingerprint density at radius 1 is 1.13 bits per heavy atom. The molecule has 1 atom stereocenters. The lowest BCUT2D eigenvalue weighted by Gasteiger charge is -2.25.